The average molecular weight is 689 g/mol. The number of hydrogen-bond donors (Lipinski definition) is 0. The predicted molar refractivity (Wildman–Crippen MR) is 229 cm³/mol. The van der Waals surface area contributed by atoms with Crippen LogP contribution in [0.25, 0.3) is 55.3 Å². The molecule has 0 amide bonds. The van der Waals surface area contributed by atoms with Crippen LogP contribution in [0.4, 0.5) is 34.1 Å². The van der Waals surface area contributed by atoms with Crippen molar-refractivity contribution in [3.05, 3.63) is 218 Å². The van der Waals surface area contributed by atoms with Crippen molar-refractivity contribution in [2.24, 2.45) is 0 Å². The minimum absolute atomic E-state index is 1.10. The summed E-state index contributed by atoms with van der Waals surface area (Å²) < 4.78 is 0. The molecule has 0 aromatic heterocycles. The first-order valence-corrected chi connectivity index (χ1v) is 18.5. The summed E-state index contributed by atoms with van der Waals surface area (Å²) in [6.07, 6.45) is 0. The summed E-state index contributed by atoms with van der Waals surface area (Å²) in [5.74, 6) is 0. The van der Waals surface area contributed by atoms with Gasteiger partial charge < -0.3 is 9.80 Å². The van der Waals surface area contributed by atoms with Gasteiger partial charge in [0, 0.05) is 33.7 Å². The minimum Gasteiger partial charge on any atom is -0.311 e. The Kier molecular flexibility index (Phi) is 7.85. The van der Waals surface area contributed by atoms with E-state index in [1.165, 1.54) is 66.7 Å². The highest BCUT2D eigenvalue weighted by molar-refractivity contribution is 6.13. The van der Waals surface area contributed by atoms with E-state index in [1.807, 2.05) is 0 Å². The summed E-state index contributed by atoms with van der Waals surface area (Å²) >= 11 is 0. The lowest BCUT2D eigenvalue weighted by atomic mass is 9.91. The molecule has 0 bridgehead atoms. The van der Waals surface area contributed by atoms with Crippen molar-refractivity contribution in [2.45, 2.75) is 0 Å². The van der Waals surface area contributed by atoms with E-state index >= 15 is 0 Å². The van der Waals surface area contributed by atoms with Crippen molar-refractivity contribution < 1.29 is 0 Å². The van der Waals surface area contributed by atoms with Crippen LogP contribution in [0, 0.1) is 0 Å². The van der Waals surface area contributed by atoms with Gasteiger partial charge in [0.1, 0.15) is 0 Å². The number of fused-ring (bicyclic) bond motifs is 2. The third-order valence-electron chi connectivity index (χ3n) is 10.6. The zero-order valence-electron chi connectivity index (χ0n) is 29.7. The van der Waals surface area contributed by atoms with Crippen LogP contribution in [-0.4, -0.2) is 0 Å². The van der Waals surface area contributed by atoms with Crippen molar-refractivity contribution in [1.82, 2.24) is 0 Å². The zero-order chi connectivity index (χ0) is 35.8. The second kappa shape index (κ2) is 13.4. The van der Waals surface area contributed by atoms with Crippen LogP contribution in [0.2, 0.25) is 0 Å². The highest BCUT2D eigenvalue weighted by Crippen LogP contribution is 2.50. The quantitative estimate of drug-likeness (QED) is 0.164. The Morgan fingerprint density at radius 1 is 0.278 bits per heavy atom. The van der Waals surface area contributed by atoms with Crippen LogP contribution >= 0.6 is 0 Å². The molecular weight excluding hydrogens is 653 g/mol. The molecule has 1 aliphatic rings. The highest BCUT2D eigenvalue weighted by Gasteiger charge is 2.25. The van der Waals surface area contributed by atoms with Gasteiger partial charge in [0.25, 0.3) is 0 Å². The Labute approximate surface area is 316 Å². The van der Waals surface area contributed by atoms with E-state index in [2.05, 4.69) is 228 Å². The SMILES string of the molecule is c1ccc(-c2ccc(N(c3ccc(-c4ccccc4)cc3)c3ccc(-c4ccc(N5c6ccccc6-c6cccc7cccc5c67)cc4)cc3)cc2)cc1. The topological polar surface area (TPSA) is 6.48 Å². The van der Waals surface area contributed by atoms with Gasteiger partial charge in [-0.25, -0.2) is 0 Å². The van der Waals surface area contributed by atoms with Gasteiger partial charge in [-0.1, -0.05) is 158 Å². The molecule has 0 saturated heterocycles. The molecule has 9 aromatic rings. The summed E-state index contributed by atoms with van der Waals surface area (Å²) in [5, 5.41) is 2.56. The molecule has 0 spiro atoms. The summed E-state index contributed by atoms with van der Waals surface area (Å²) in [6.45, 7) is 0. The summed E-state index contributed by atoms with van der Waals surface area (Å²) in [6, 6.07) is 78.7. The molecule has 0 fully saturated rings. The van der Waals surface area contributed by atoms with E-state index < -0.39 is 0 Å². The minimum atomic E-state index is 1.10. The van der Waals surface area contributed by atoms with Gasteiger partial charge in [0.05, 0.1) is 11.4 Å². The Balaban J connectivity index is 0.985. The Bertz CT molecular complexity index is 2630. The Hall–Kier alpha value is -7.16. The van der Waals surface area contributed by atoms with Crippen LogP contribution in [0.15, 0.2) is 218 Å². The predicted octanol–water partition coefficient (Wildman–Crippen LogP) is 14.8. The van der Waals surface area contributed by atoms with E-state index in [9.17, 15) is 0 Å². The number of benzene rings is 9. The van der Waals surface area contributed by atoms with Gasteiger partial charge in [-0.2, -0.15) is 0 Å². The third-order valence-corrected chi connectivity index (χ3v) is 10.6. The molecule has 2 nitrogen and oxygen atoms in total. The van der Waals surface area contributed by atoms with Crippen molar-refractivity contribution >= 4 is 44.9 Å². The largest absolute Gasteiger partial charge is 0.311 e. The zero-order valence-corrected chi connectivity index (χ0v) is 29.7. The second-order valence-electron chi connectivity index (χ2n) is 13.8. The second-order valence-corrected chi connectivity index (χ2v) is 13.8. The van der Waals surface area contributed by atoms with Crippen molar-refractivity contribution in [2.75, 3.05) is 9.80 Å². The van der Waals surface area contributed by atoms with E-state index in [4.69, 9.17) is 0 Å². The molecule has 0 unspecified atom stereocenters. The molecule has 54 heavy (non-hydrogen) atoms. The normalized spacial score (nSPS) is 11.7. The first-order chi connectivity index (χ1) is 26.8. The summed E-state index contributed by atoms with van der Waals surface area (Å²) in [4.78, 5) is 4.74. The van der Waals surface area contributed by atoms with Crippen LogP contribution < -0.4 is 9.80 Å². The molecule has 0 radical (unpaired) electrons. The number of nitrogens with zero attached hydrogens (tertiary/aromatic N) is 2. The van der Waals surface area contributed by atoms with Gasteiger partial charge in [-0.15, -0.1) is 0 Å². The fourth-order valence-electron chi connectivity index (χ4n) is 7.96. The number of para-hydroxylation sites is 1. The molecule has 0 atom stereocenters. The maximum Gasteiger partial charge on any atom is 0.0546 e. The number of rotatable bonds is 7. The van der Waals surface area contributed by atoms with Gasteiger partial charge in [0.15, 0.2) is 0 Å². The first-order valence-electron chi connectivity index (χ1n) is 18.5. The Morgan fingerprint density at radius 3 is 1.19 bits per heavy atom. The molecule has 0 saturated carbocycles. The lowest BCUT2D eigenvalue weighted by Crippen LogP contribution is -2.14. The lowest BCUT2D eigenvalue weighted by molar-refractivity contribution is 1.28. The first kappa shape index (κ1) is 31.6. The van der Waals surface area contributed by atoms with Gasteiger partial charge >= 0.3 is 0 Å². The van der Waals surface area contributed by atoms with Crippen molar-refractivity contribution in [3.8, 4) is 44.5 Å². The molecule has 254 valence electrons. The van der Waals surface area contributed by atoms with E-state index in [0.29, 0.717) is 0 Å². The molecule has 0 aliphatic carbocycles. The molecule has 10 rings (SSSR count). The molecule has 1 heterocycles. The molecule has 1 aliphatic heterocycles. The summed E-state index contributed by atoms with van der Waals surface area (Å²) in [7, 11) is 0. The lowest BCUT2D eigenvalue weighted by Gasteiger charge is -2.33. The summed E-state index contributed by atoms with van der Waals surface area (Å²) in [5.41, 5.74) is 16.6. The monoisotopic (exact) mass is 688 g/mol. The smallest absolute Gasteiger partial charge is 0.0546 e. The maximum absolute atomic E-state index is 2.40. The van der Waals surface area contributed by atoms with Crippen LogP contribution in [-0.2, 0) is 0 Å². The number of anilines is 6. The average Bonchev–Trinajstić information content (AvgIpc) is 3.26. The van der Waals surface area contributed by atoms with Gasteiger partial charge in [0.2, 0.25) is 0 Å². The highest BCUT2D eigenvalue weighted by atomic mass is 15.2. The van der Waals surface area contributed by atoms with Crippen LogP contribution in [0.3, 0.4) is 0 Å². The number of hydrogen-bond acceptors (Lipinski definition) is 2. The Morgan fingerprint density at radius 2 is 0.667 bits per heavy atom. The van der Waals surface area contributed by atoms with Crippen molar-refractivity contribution in [1.29, 1.82) is 0 Å². The maximum atomic E-state index is 2.40. The van der Waals surface area contributed by atoms with Gasteiger partial charge in [-0.05, 0) is 105 Å². The fourth-order valence-corrected chi connectivity index (χ4v) is 7.96. The van der Waals surface area contributed by atoms with E-state index in [1.54, 1.807) is 0 Å². The van der Waals surface area contributed by atoms with Gasteiger partial charge in [-0.3, -0.25) is 0 Å². The molecule has 9 aromatic carbocycles. The fraction of sp³-hybridized carbons (Fsp3) is 0. The standard InChI is InChI=1S/C52H36N2/c1-3-11-37(12-4-1)39-21-29-44(30-22-39)53(45-31-23-40(24-32-45)38-13-5-2-6-14-38)46-33-25-41(26-34-46)42-27-35-47(36-28-42)54-50-19-8-7-17-48(50)49-18-9-15-43-16-10-20-51(54)52(43)49/h1-36H. The van der Waals surface area contributed by atoms with E-state index in [0.717, 1.165) is 22.7 Å². The van der Waals surface area contributed by atoms with E-state index in [-0.39, 0.29) is 0 Å². The molecule has 0 N–H and O–H groups in total. The molecular formula is C52H36N2. The third kappa shape index (κ3) is 5.62. The van der Waals surface area contributed by atoms with Crippen molar-refractivity contribution in [3.63, 3.8) is 0 Å². The van der Waals surface area contributed by atoms with Crippen LogP contribution in [0.1, 0.15) is 0 Å². The van der Waals surface area contributed by atoms with Crippen LogP contribution in [0.5, 0.6) is 0 Å². The molecule has 2 heteroatoms.